The second-order valence-corrected chi connectivity index (χ2v) is 8.16. The molecule has 2 atom stereocenters. The third kappa shape index (κ3) is 4.06. The summed E-state index contributed by atoms with van der Waals surface area (Å²) in [7, 11) is 1.80. The molecule has 0 saturated heterocycles. The topological polar surface area (TPSA) is 88.3 Å². The molecule has 156 valence electrons. The minimum Gasteiger partial charge on any atom is -0.436 e. The first-order valence-corrected chi connectivity index (χ1v) is 10.3. The predicted octanol–water partition coefficient (Wildman–Crippen LogP) is 3.66. The molecular weight excluding hydrogens is 380 g/mol. The van der Waals surface area contributed by atoms with Gasteiger partial charge in [0.05, 0.1) is 5.56 Å². The molecule has 1 fully saturated rings. The van der Waals surface area contributed by atoms with Crippen LogP contribution >= 0.6 is 0 Å². The van der Waals surface area contributed by atoms with Crippen LogP contribution in [0.3, 0.4) is 0 Å². The number of oxazole rings is 1. The standard InChI is InChI=1S/C23H26N4O3/c1-14(2)21(28)25-16-9-10-17(12-16)27(3)23(29)19-11-8-15(13-24-19)22-26-18-6-4-5-7-20(18)30-22/h4-8,11,13-14,16-17H,9-10,12H2,1-3H3,(H,25,28)/t16-,17+/m0/s1. The van der Waals surface area contributed by atoms with Gasteiger partial charge in [0.15, 0.2) is 5.58 Å². The van der Waals surface area contributed by atoms with Gasteiger partial charge in [0.2, 0.25) is 11.8 Å². The number of carbonyl (C=O) groups excluding carboxylic acids is 2. The van der Waals surface area contributed by atoms with Crippen LogP contribution in [0.15, 0.2) is 47.0 Å². The van der Waals surface area contributed by atoms with Crippen molar-refractivity contribution in [2.45, 2.75) is 45.2 Å². The first-order valence-electron chi connectivity index (χ1n) is 10.3. The van der Waals surface area contributed by atoms with Gasteiger partial charge in [-0.05, 0) is 43.5 Å². The molecule has 7 heteroatoms. The molecule has 1 N–H and O–H groups in total. The van der Waals surface area contributed by atoms with Crippen LogP contribution in [-0.2, 0) is 4.79 Å². The average Bonchev–Trinajstić information content (AvgIpc) is 3.39. The van der Waals surface area contributed by atoms with E-state index in [1.165, 1.54) is 0 Å². The summed E-state index contributed by atoms with van der Waals surface area (Å²) in [5, 5.41) is 3.07. The molecule has 7 nitrogen and oxygen atoms in total. The molecule has 2 amide bonds. The smallest absolute Gasteiger partial charge is 0.272 e. The Balaban J connectivity index is 1.41. The molecule has 4 rings (SSSR count). The van der Waals surface area contributed by atoms with Crippen LogP contribution in [0.2, 0.25) is 0 Å². The van der Waals surface area contributed by atoms with E-state index in [9.17, 15) is 9.59 Å². The van der Waals surface area contributed by atoms with Crippen molar-refractivity contribution in [2.75, 3.05) is 7.05 Å². The maximum absolute atomic E-state index is 12.9. The molecule has 3 aromatic rings. The zero-order chi connectivity index (χ0) is 21.3. The second-order valence-electron chi connectivity index (χ2n) is 8.16. The van der Waals surface area contributed by atoms with Crippen molar-refractivity contribution in [2.24, 2.45) is 5.92 Å². The largest absolute Gasteiger partial charge is 0.436 e. The van der Waals surface area contributed by atoms with E-state index in [0.717, 1.165) is 30.3 Å². The molecule has 1 aromatic carbocycles. The lowest BCUT2D eigenvalue weighted by atomic mass is 10.1. The number of hydrogen-bond acceptors (Lipinski definition) is 5. The molecule has 0 aliphatic heterocycles. The van der Waals surface area contributed by atoms with Crippen molar-refractivity contribution in [3.63, 3.8) is 0 Å². The fourth-order valence-electron chi connectivity index (χ4n) is 3.80. The fraction of sp³-hybridized carbons (Fsp3) is 0.391. The van der Waals surface area contributed by atoms with E-state index in [4.69, 9.17) is 4.42 Å². The molecule has 0 unspecified atom stereocenters. The number of rotatable bonds is 5. The van der Waals surface area contributed by atoms with Gasteiger partial charge in [-0.15, -0.1) is 0 Å². The van der Waals surface area contributed by atoms with Gasteiger partial charge in [-0.25, -0.2) is 4.98 Å². The molecular formula is C23H26N4O3. The van der Waals surface area contributed by atoms with Crippen molar-refractivity contribution in [3.05, 3.63) is 48.3 Å². The van der Waals surface area contributed by atoms with Gasteiger partial charge in [-0.2, -0.15) is 0 Å². The highest BCUT2D eigenvalue weighted by Crippen LogP contribution is 2.26. The lowest BCUT2D eigenvalue weighted by Gasteiger charge is -2.24. The van der Waals surface area contributed by atoms with Crippen molar-refractivity contribution in [3.8, 4) is 11.5 Å². The maximum Gasteiger partial charge on any atom is 0.272 e. The zero-order valence-corrected chi connectivity index (χ0v) is 17.5. The van der Waals surface area contributed by atoms with Crippen LogP contribution < -0.4 is 5.32 Å². The lowest BCUT2D eigenvalue weighted by Crippen LogP contribution is -2.39. The Bertz CT molecular complexity index is 1020. The normalized spacial score (nSPS) is 18.7. The van der Waals surface area contributed by atoms with Gasteiger partial charge in [0, 0.05) is 31.2 Å². The number of amides is 2. The van der Waals surface area contributed by atoms with Crippen molar-refractivity contribution < 1.29 is 14.0 Å². The third-order valence-electron chi connectivity index (χ3n) is 5.67. The SMILES string of the molecule is CC(C)C(=O)N[C@H]1CC[C@@H](N(C)C(=O)c2ccc(-c3nc4ccccc4o3)cn2)C1. The molecule has 1 aliphatic rings. The first-order chi connectivity index (χ1) is 14.4. The van der Waals surface area contributed by atoms with Crippen LogP contribution in [0.25, 0.3) is 22.6 Å². The maximum atomic E-state index is 12.9. The highest BCUT2D eigenvalue weighted by atomic mass is 16.3. The van der Waals surface area contributed by atoms with E-state index in [0.29, 0.717) is 17.2 Å². The van der Waals surface area contributed by atoms with Crippen molar-refractivity contribution >= 4 is 22.9 Å². The van der Waals surface area contributed by atoms with E-state index in [1.54, 1.807) is 30.3 Å². The Labute approximate surface area is 175 Å². The lowest BCUT2D eigenvalue weighted by molar-refractivity contribution is -0.124. The average molecular weight is 406 g/mol. The number of pyridine rings is 1. The molecule has 1 aliphatic carbocycles. The summed E-state index contributed by atoms with van der Waals surface area (Å²) in [5.74, 6) is 0.383. The van der Waals surface area contributed by atoms with Crippen molar-refractivity contribution in [1.29, 1.82) is 0 Å². The number of fused-ring (bicyclic) bond motifs is 1. The summed E-state index contributed by atoms with van der Waals surface area (Å²) in [6.45, 7) is 3.77. The predicted molar refractivity (Wildman–Crippen MR) is 114 cm³/mol. The number of nitrogens with one attached hydrogen (secondary N) is 1. The number of aromatic nitrogens is 2. The molecule has 0 bridgehead atoms. The van der Waals surface area contributed by atoms with E-state index >= 15 is 0 Å². The quantitative estimate of drug-likeness (QED) is 0.699. The Morgan fingerprint density at radius 3 is 2.67 bits per heavy atom. The molecule has 0 radical (unpaired) electrons. The second kappa shape index (κ2) is 8.26. The van der Waals surface area contributed by atoms with E-state index in [-0.39, 0.29) is 29.8 Å². The molecule has 2 aromatic heterocycles. The number of nitrogens with zero attached hydrogens (tertiary/aromatic N) is 3. The summed E-state index contributed by atoms with van der Waals surface area (Å²) in [6.07, 6.45) is 4.13. The monoisotopic (exact) mass is 406 g/mol. The van der Waals surface area contributed by atoms with Gasteiger partial charge in [0.25, 0.3) is 5.91 Å². The van der Waals surface area contributed by atoms with Crippen LogP contribution in [-0.4, -0.2) is 45.8 Å². The summed E-state index contributed by atoms with van der Waals surface area (Å²) >= 11 is 0. The van der Waals surface area contributed by atoms with E-state index in [2.05, 4.69) is 15.3 Å². The molecule has 2 heterocycles. The number of hydrogen-bond donors (Lipinski definition) is 1. The Hall–Kier alpha value is -3.22. The third-order valence-corrected chi connectivity index (χ3v) is 5.67. The number of carbonyl (C=O) groups is 2. The van der Waals surface area contributed by atoms with Crippen LogP contribution in [0.1, 0.15) is 43.6 Å². The van der Waals surface area contributed by atoms with Gasteiger partial charge in [0.1, 0.15) is 11.2 Å². The van der Waals surface area contributed by atoms with E-state index in [1.807, 2.05) is 38.1 Å². The minimum atomic E-state index is -0.125. The fourth-order valence-corrected chi connectivity index (χ4v) is 3.80. The van der Waals surface area contributed by atoms with Gasteiger partial charge >= 0.3 is 0 Å². The van der Waals surface area contributed by atoms with Crippen LogP contribution in [0, 0.1) is 5.92 Å². The molecule has 30 heavy (non-hydrogen) atoms. The van der Waals surface area contributed by atoms with Crippen LogP contribution in [0.5, 0.6) is 0 Å². The summed E-state index contributed by atoms with van der Waals surface area (Å²) in [6, 6.07) is 11.3. The molecule has 0 spiro atoms. The van der Waals surface area contributed by atoms with Gasteiger partial charge in [-0.1, -0.05) is 26.0 Å². The van der Waals surface area contributed by atoms with Gasteiger partial charge < -0.3 is 14.6 Å². The van der Waals surface area contributed by atoms with Gasteiger partial charge in [-0.3, -0.25) is 14.6 Å². The Kier molecular flexibility index (Phi) is 5.53. The Morgan fingerprint density at radius 1 is 1.17 bits per heavy atom. The molecule has 1 saturated carbocycles. The zero-order valence-electron chi connectivity index (χ0n) is 17.5. The first kappa shape index (κ1) is 20.1. The highest BCUT2D eigenvalue weighted by molar-refractivity contribution is 5.92. The summed E-state index contributed by atoms with van der Waals surface area (Å²) < 4.78 is 5.76. The number of para-hydroxylation sites is 2. The van der Waals surface area contributed by atoms with Crippen molar-refractivity contribution in [1.82, 2.24) is 20.2 Å². The summed E-state index contributed by atoms with van der Waals surface area (Å²) in [5.41, 5.74) is 2.61. The van der Waals surface area contributed by atoms with E-state index < -0.39 is 0 Å². The van der Waals surface area contributed by atoms with Crippen LogP contribution in [0.4, 0.5) is 0 Å². The number of benzene rings is 1. The summed E-state index contributed by atoms with van der Waals surface area (Å²) in [4.78, 5) is 35.4. The highest BCUT2D eigenvalue weighted by Gasteiger charge is 2.31. The Morgan fingerprint density at radius 2 is 1.97 bits per heavy atom. The minimum absolute atomic E-state index is 0.0348.